The van der Waals surface area contributed by atoms with Crippen molar-refractivity contribution in [3.05, 3.63) is 23.3 Å². The van der Waals surface area contributed by atoms with E-state index in [-0.39, 0.29) is 5.82 Å². The third-order valence-corrected chi connectivity index (χ3v) is 1.10. The molecule has 0 atom stereocenters. The van der Waals surface area contributed by atoms with Gasteiger partial charge in [0.2, 0.25) is 0 Å². The lowest BCUT2D eigenvalue weighted by molar-refractivity contribution is 0.111. The summed E-state index contributed by atoms with van der Waals surface area (Å²) in [5.41, 5.74) is 1.66. The van der Waals surface area contributed by atoms with Crippen LogP contribution in [0.3, 0.4) is 0 Å². The van der Waals surface area contributed by atoms with Crippen LogP contribution in [0.4, 0.5) is 0 Å². The van der Waals surface area contributed by atoms with Crippen LogP contribution in [-0.4, -0.2) is 16.3 Å². The van der Waals surface area contributed by atoms with Crippen molar-refractivity contribution in [3.8, 4) is 0 Å². The first-order valence-electron chi connectivity index (χ1n) is 3.00. The molecule has 3 nitrogen and oxygen atoms in total. The summed E-state index contributed by atoms with van der Waals surface area (Å²) in [4.78, 5) is 17.9. The second kappa shape index (κ2) is 2.56. The lowest BCUT2D eigenvalue weighted by atomic mass is 10.3. The van der Waals surface area contributed by atoms with Crippen LogP contribution in [0.5, 0.6) is 0 Å². The van der Waals surface area contributed by atoms with E-state index in [2.05, 4.69) is 9.97 Å². The molecule has 10 heavy (non-hydrogen) atoms. The van der Waals surface area contributed by atoms with Crippen LogP contribution >= 0.6 is 0 Å². The summed E-state index contributed by atoms with van der Waals surface area (Å²) in [6.45, 7) is 3.67. The molecule has 3 heteroatoms. The Morgan fingerprint density at radius 1 is 1.30 bits per heavy atom. The number of nitrogens with zero attached hydrogens (tertiary/aromatic N) is 2. The molecule has 1 aromatic heterocycles. The third-order valence-electron chi connectivity index (χ3n) is 1.10. The number of hydrogen-bond acceptors (Lipinski definition) is 3. The number of hydrogen-bond donors (Lipinski definition) is 0. The topological polar surface area (TPSA) is 42.9 Å². The van der Waals surface area contributed by atoms with Gasteiger partial charge in [0.15, 0.2) is 12.1 Å². The third kappa shape index (κ3) is 1.37. The van der Waals surface area contributed by atoms with Crippen LogP contribution in [0.15, 0.2) is 6.07 Å². The number of aryl methyl sites for hydroxylation is 2. The van der Waals surface area contributed by atoms with Gasteiger partial charge in [0, 0.05) is 11.4 Å². The maximum atomic E-state index is 10.2. The van der Waals surface area contributed by atoms with E-state index in [1.54, 1.807) is 0 Å². The minimum atomic E-state index is 0.262. The van der Waals surface area contributed by atoms with E-state index in [4.69, 9.17) is 0 Å². The first-order chi connectivity index (χ1) is 4.72. The molecular weight excluding hydrogens is 128 g/mol. The summed E-state index contributed by atoms with van der Waals surface area (Å²) in [6.07, 6.45) is 0.653. The van der Waals surface area contributed by atoms with Crippen molar-refractivity contribution in [1.82, 2.24) is 9.97 Å². The van der Waals surface area contributed by atoms with E-state index in [0.717, 1.165) is 11.4 Å². The van der Waals surface area contributed by atoms with Gasteiger partial charge in [-0.15, -0.1) is 0 Å². The van der Waals surface area contributed by atoms with Crippen molar-refractivity contribution in [2.75, 3.05) is 0 Å². The minimum Gasteiger partial charge on any atom is -0.294 e. The molecule has 0 N–H and O–H groups in total. The van der Waals surface area contributed by atoms with E-state index >= 15 is 0 Å². The predicted octanol–water partition coefficient (Wildman–Crippen LogP) is 0.906. The Morgan fingerprint density at radius 2 is 1.80 bits per heavy atom. The highest BCUT2D eigenvalue weighted by Crippen LogP contribution is 1.96. The normalized spacial score (nSPS) is 9.40. The SMILES string of the molecule is Cc1cc(C)nc(C=O)n1. The molecule has 0 aromatic carbocycles. The predicted molar refractivity (Wildman–Crippen MR) is 36.9 cm³/mol. The fourth-order valence-corrected chi connectivity index (χ4v) is 0.806. The molecule has 1 rings (SSSR count). The fraction of sp³-hybridized carbons (Fsp3) is 0.286. The molecule has 0 spiro atoms. The molecule has 0 saturated heterocycles. The number of aldehydes is 1. The second-order valence-corrected chi connectivity index (χ2v) is 2.13. The molecule has 0 radical (unpaired) electrons. The van der Waals surface area contributed by atoms with E-state index in [9.17, 15) is 4.79 Å². The van der Waals surface area contributed by atoms with Crippen LogP contribution in [0.1, 0.15) is 22.0 Å². The van der Waals surface area contributed by atoms with Gasteiger partial charge < -0.3 is 0 Å². The molecule has 0 aliphatic carbocycles. The quantitative estimate of drug-likeness (QED) is 0.539. The van der Waals surface area contributed by atoms with Crippen molar-refractivity contribution in [2.24, 2.45) is 0 Å². The number of aromatic nitrogens is 2. The Bertz CT molecular complexity index is 238. The molecule has 0 saturated carbocycles. The first-order valence-corrected chi connectivity index (χ1v) is 3.00. The summed E-state index contributed by atoms with van der Waals surface area (Å²) in [6, 6.07) is 1.83. The summed E-state index contributed by atoms with van der Waals surface area (Å²) >= 11 is 0. The number of carbonyl (C=O) groups excluding carboxylic acids is 1. The van der Waals surface area contributed by atoms with Gasteiger partial charge in [0.1, 0.15) is 0 Å². The van der Waals surface area contributed by atoms with Gasteiger partial charge in [-0.1, -0.05) is 0 Å². The molecule has 1 aromatic rings. The van der Waals surface area contributed by atoms with Crippen molar-refractivity contribution in [2.45, 2.75) is 13.8 Å². The fourth-order valence-electron chi connectivity index (χ4n) is 0.806. The van der Waals surface area contributed by atoms with Crippen LogP contribution in [0.2, 0.25) is 0 Å². The Morgan fingerprint density at radius 3 is 2.20 bits per heavy atom. The van der Waals surface area contributed by atoms with Crippen LogP contribution in [0.25, 0.3) is 0 Å². The molecule has 1 heterocycles. The second-order valence-electron chi connectivity index (χ2n) is 2.13. The molecular formula is C7H8N2O. The molecule has 0 fully saturated rings. The van der Waals surface area contributed by atoms with Gasteiger partial charge >= 0.3 is 0 Å². The standard InChI is InChI=1S/C7H8N2O/c1-5-3-6(2)9-7(4-10)8-5/h3-4H,1-2H3. The highest BCUT2D eigenvalue weighted by Gasteiger charge is 1.94. The van der Waals surface area contributed by atoms with Gasteiger partial charge in [-0.3, -0.25) is 4.79 Å². The van der Waals surface area contributed by atoms with Gasteiger partial charge in [-0.05, 0) is 19.9 Å². The maximum absolute atomic E-state index is 10.2. The van der Waals surface area contributed by atoms with Crippen LogP contribution in [-0.2, 0) is 0 Å². The monoisotopic (exact) mass is 136 g/mol. The Balaban J connectivity index is 3.18. The number of rotatable bonds is 1. The van der Waals surface area contributed by atoms with Crippen molar-refractivity contribution < 1.29 is 4.79 Å². The van der Waals surface area contributed by atoms with Crippen LogP contribution in [0, 0.1) is 13.8 Å². The Hall–Kier alpha value is -1.25. The summed E-state index contributed by atoms with van der Waals surface area (Å²) in [5.74, 6) is 0.262. The van der Waals surface area contributed by atoms with Gasteiger partial charge in [0.05, 0.1) is 0 Å². The molecule has 0 aliphatic heterocycles. The highest BCUT2D eigenvalue weighted by atomic mass is 16.1. The minimum absolute atomic E-state index is 0.262. The largest absolute Gasteiger partial charge is 0.294 e. The van der Waals surface area contributed by atoms with Gasteiger partial charge in [-0.25, -0.2) is 9.97 Å². The molecule has 0 aliphatic rings. The van der Waals surface area contributed by atoms with Crippen molar-refractivity contribution in [1.29, 1.82) is 0 Å². The van der Waals surface area contributed by atoms with Gasteiger partial charge in [-0.2, -0.15) is 0 Å². The number of carbonyl (C=O) groups is 1. The zero-order valence-electron chi connectivity index (χ0n) is 5.96. The lowest BCUT2D eigenvalue weighted by Crippen LogP contribution is -1.96. The van der Waals surface area contributed by atoms with E-state index in [0.29, 0.717) is 6.29 Å². The molecule has 0 unspecified atom stereocenters. The first kappa shape index (κ1) is 6.86. The average Bonchev–Trinajstić information content (AvgIpc) is 1.85. The smallest absolute Gasteiger partial charge is 0.193 e. The zero-order chi connectivity index (χ0) is 7.56. The van der Waals surface area contributed by atoms with Crippen LogP contribution < -0.4 is 0 Å². The maximum Gasteiger partial charge on any atom is 0.193 e. The molecule has 0 amide bonds. The highest BCUT2D eigenvalue weighted by molar-refractivity contribution is 5.68. The van der Waals surface area contributed by atoms with Crippen molar-refractivity contribution in [3.63, 3.8) is 0 Å². The Labute approximate surface area is 59.1 Å². The van der Waals surface area contributed by atoms with E-state index in [1.807, 2.05) is 19.9 Å². The lowest BCUT2D eigenvalue weighted by Gasteiger charge is -1.94. The Kier molecular flexibility index (Phi) is 1.76. The van der Waals surface area contributed by atoms with E-state index in [1.165, 1.54) is 0 Å². The summed E-state index contributed by atoms with van der Waals surface area (Å²) < 4.78 is 0. The summed E-state index contributed by atoms with van der Waals surface area (Å²) in [7, 11) is 0. The van der Waals surface area contributed by atoms with E-state index < -0.39 is 0 Å². The zero-order valence-corrected chi connectivity index (χ0v) is 5.96. The van der Waals surface area contributed by atoms with Crippen molar-refractivity contribution >= 4 is 6.29 Å². The molecule has 52 valence electrons. The summed E-state index contributed by atoms with van der Waals surface area (Å²) in [5, 5.41) is 0. The van der Waals surface area contributed by atoms with Gasteiger partial charge in [0.25, 0.3) is 0 Å². The average molecular weight is 136 g/mol. The molecule has 0 bridgehead atoms.